The molecule has 72 valence electrons. The molecule has 1 aliphatic rings. The van der Waals surface area contributed by atoms with E-state index in [0.29, 0.717) is 5.92 Å². The van der Waals surface area contributed by atoms with Crippen molar-refractivity contribution in [3.8, 4) is 0 Å². The van der Waals surface area contributed by atoms with Crippen LogP contribution in [0.2, 0.25) is 0 Å². The fraction of sp³-hybridized carbons (Fsp3) is 0.667. The lowest BCUT2D eigenvalue weighted by Gasteiger charge is -2.11. The lowest BCUT2D eigenvalue weighted by atomic mass is 10.1. The standard InChI is InChI=1S/C9H15N3O/c1-2-12-4-3-7(6-12)8-5-9(13)11-10-8/h5,7H,2-4,6H2,1H3,(H2,10,11,13)/t7-/m1/s1. The van der Waals surface area contributed by atoms with Crippen LogP contribution in [0.3, 0.4) is 0 Å². The van der Waals surface area contributed by atoms with E-state index < -0.39 is 0 Å². The van der Waals surface area contributed by atoms with Crippen molar-refractivity contribution in [2.24, 2.45) is 0 Å². The van der Waals surface area contributed by atoms with Crippen LogP contribution in [-0.4, -0.2) is 34.7 Å². The number of hydrogen-bond acceptors (Lipinski definition) is 2. The Balaban J connectivity index is 2.07. The summed E-state index contributed by atoms with van der Waals surface area (Å²) >= 11 is 0. The summed E-state index contributed by atoms with van der Waals surface area (Å²) in [7, 11) is 0. The van der Waals surface area contributed by atoms with Gasteiger partial charge in [-0.1, -0.05) is 6.92 Å². The van der Waals surface area contributed by atoms with Gasteiger partial charge in [0.2, 0.25) is 0 Å². The van der Waals surface area contributed by atoms with E-state index in [9.17, 15) is 4.79 Å². The highest BCUT2D eigenvalue weighted by Gasteiger charge is 2.23. The van der Waals surface area contributed by atoms with Crippen LogP contribution in [0.4, 0.5) is 0 Å². The van der Waals surface area contributed by atoms with Crippen LogP contribution in [0, 0.1) is 0 Å². The van der Waals surface area contributed by atoms with Crippen LogP contribution in [-0.2, 0) is 0 Å². The molecule has 13 heavy (non-hydrogen) atoms. The van der Waals surface area contributed by atoms with Crippen molar-refractivity contribution in [3.63, 3.8) is 0 Å². The third-order valence-corrected chi connectivity index (χ3v) is 2.78. The largest absolute Gasteiger partial charge is 0.303 e. The number of rotatable bonds is 2. The SMILES string of the molecule is CCN1CC[C@@H](c2cc(=O)[nH][nH]2)C1. The maximum absolute atomic E-state index is 10.9. The molecule has 0 spiro atoms. The molecule has 0 aromatic carbocycles. The number of nitrogens with one attached hydrogen (secondary N) is 2. The van der Waals surface area contributed by atoms with Crippen LogP contribution in [0.15, 0.2) is 10.9 Å². The predicted molar refractivity (Wildman–Crippen MR) is 50.9 cm³/mol. The summed E-state index contributed by atoms with van der Waals surface area (Å²) < 4.78 is 0. The third-order valence-electron chi connectivity index (χ3n) is 2.78. The maximum atomic E-state index is 10.9. The van der Waals surface area contributed by atoms with Gasteiger partial charge in [-0.05, 0) is 19.5 Å². The molecule has 0 radical (unpaired) electrons. The first-order valence-electron chi connectivity index (χ1n) is 4.79. The predicted octanol–water partition coefficient (Wildman–Crippen LogP) is 0.512. The highest BCUT2D eigenvalue weighted by molar-refractivity contribution is 5.08. The minimum absolute atomic E-state index is 0.0232. The fourth-order valence-corrected chi connectivity index (χ4v) is 1.94. The molecule has 2 heterocycles. The van der Waals surface area contributed by atoms with Crippen LogP contribution < -0.4 is 5.56 Å². The molecule has 1 fully saturated rings. The van der Waals surface area contributed by atoms with Gasteiger partial charge in [-0.3, -0.25) is 9.89 Å². The molecule has 4 nitrogen and oxygen atoms in total. The Morgan fingerprint density at radius 3 is 3.00 bits per heavy atom. The number of likely N-dealkylation sites (N-methyl/N-ethyl adjacent to an activating group) is 1. The van der Waals surface area contributed by atoms with E-state index >= 15 is 0 Å². The smallest absolute Gasteiger partial charge is 0.264 e. The van der Waals surface area contributed by atoms with Gasteiger partial charge in [0.05, 0.1) is 0 Å². The molecule has 1 aromatic heterocycles. The molecule has 2 N–H and O–H groups in total. The second-order valence-corrected chi connectivity index (χ2v) is 3.59. The Bertz CT molecular complexity index is 328. The van der Waals surface area contributed by atoms with Gasteiger partial charge < -0.3 is 10.00 Å². The zero-order valence-electron chi connectivity index (χ0n) is 7.84. The number of H-pyrrole nitrogens is 2. The average molecular weight is 181 g/mol. The minimum atomic E-state index is -0.0232. The summed E-state index contributed by atoms with van der Waals surface area (Å²) in [5.41, 5.74) is 1.03. The van der Waals surface area contributed by atoms with Gasteiger partial charge in [-0.15, -0.1) is 0 Å². The van der Waals surface area contributed by atoms with Crippen molar-refractivity contribution in [1.29, 1.82) is 0 Å². The number of aromatic nitrogens is 2. The third kappa shape index (κ3) is 1.67. The van der Waals surface area contributed by atoms with Crippen LogP contribution >= 0.6 is 0 Å². The van der Waals surface area contributed by atoms with Crippen LogP contribution in [0.25, 0.3) is 0 Å². The summed E-state index contributed by atoms with van der Waals surface area (Å²) in [6, 6.07) is 1.67. The summed E-state index contributed by atoms with van der Waals surface area (Å²) in [5.74, 6) is 0.513. The molecule has 0 bridgehead atoms. The Kier molecular flexibility index (Phi) is 2.22. The van der Waals surface area contributed by atoms with Crippen molar-refractivity contribution in [2.75, 3.05) is 19.6 Å². The molecule has 4 heteroatoms. The van der Waals surface area contributed by atoms with Gasteiger partial charge in [-0.2, -0.15) is 0 Å². The first-order chi connectivity index (χ1) is 6.29. The quantitative estimate of drug-likeness (QED) is 0.698. The van der Waals surface area contributed by atoms with E-state index in [2.05, 4.69) is 22.0 Å². The lowest BCUT2D eigenvalue weighted by molar-refractivity contribution is 0.353. The van der Waals surface area contributed by atoms with Crippen LogP contribution in [0.5, 0.6) is 0 Å². The van der Waals surface area contributed by atoms with Crippen molar-refractivity contribution < 1.29 is 0 Å². The number of aromatic amines is 2. The fourth-order valence-electron chi connectivity index (χ4n) is 1.94. The number of hydrogen-bond donors (Lipinski definition) is 2. The molecule has 0 saturated carbocycles. The van der Waals surface area contributed by atoms with E-state index in [1.807, 2.05) is 0 Å². The normalized spacial score (nSPS) is 23.9. The van der Waals surface area contributed by atoms with Crippen molar-refractivity contribution in [1.82, 2.24) is 15.1 Å². The molecule has 1 atom stereocenters. The van der Waals surface area contributed by atoms with Crippen molar-refractivity contribution in [2.45, 2.75) is 19.3 Å². The maximum Gasteiger partial charge on any atom is 0.264 e. The molecular formula is C9H15N3O. The first kappa shape index (κ1) is 8.56. The molecule has 1 saturated heterocycles. The van der Waals surface area contributed by atoms with E-state index in [0.717, 1.165) is 31.7 Å². The minimum Gasteiger partial charge on any atom is -0.303 e. The lowest BCUT2D eigenvalue weighted by Crippen LogP contribution is -2.19. The second kappa shape index (κ2) is 3.38. The molecular weight excluding hydrogens is 166 g/mol. The summed E-state index contributed by atoms with van der Waals surface area (Å²) in [4.78, 5) is 13.3. The van der Waals surface area contributed by atoms with Gasteiger partial charge in [-0.25, -0.2) is 0 Å². The topological polar surface area (TPSA) is 51.9 Å². The van der Waals surface area contributed by atoms with Crippen molar-refractivity contribution >= 4 is 0 Å². The second-order valence-electron chi connectivity index (χ2n) is 3.59. The molecule has 2 rings (SSSR count). The summed E-state index contributed by atoms with van der Waals surface area (Å²) in [6.07, 6.45) is 1.15. The monoisotopic (exact) mass is 181 g/mol. The van der Waals surface area contributed by atoms with Crippen molar-refractivity contribution in [3.05, 3.63) is 22.1 Å². The molecule has 0 unspecified atom stereocenters. The van der Waals surface area contributed by atoms with Gasteiger partial charge in [0.15, 0.2) is 0 Å². The summed E-state index contributed by atoms with van der Waals surface area (Å²) in [6.45, 7) is 5.49. The Morgan fingerprint density at radius 2 is 2.46 bits per heavy atom. The molecule has 0 amide bonds. The van der Waals surface area contributed by atoms with E-state index in [1.165, 1.54) is 0 Å². The highest BCUT2D eigenvalue weighted by atomic mass is 16.1. The van der Waals surface area contributed by atoms with Crippen LogP contribution in [0.1, 0.15) is 25.0 Å². The zero-order valence-corrected chi connectivity index (χ0v) is 7.84. The zero-order chi connectivity index (χ0) is 9.26. The highest BCUT2D eigenvalue weighted by Crippen LogP contribution is 2.23. The van der Waals surface area contributed by atoms with Gasteiger partial charge >= 0.3 is 0 Å². The first-order valence-corrected chi connectivity index (χ1v) is 4.79. The number of nitrogens with zero attached hydrogens (tertiary/aromatic N) is 1. The van der Waals surface area contributed by atoms with E-state index in [4.69, 9.17) is 0 Å². The summed E-state index contributed by atoms with van der Waals surface area (Å²) in [5, 5.41) is 5.51. The van der Waals surface area contributed by atoms with Gasteiger partial charge in [0, 0.05) is 24.2 Å². The molecule has 1 aromatic rings. The Hall–Kier alpha value is -1.03. The molecule has 0 aliphatic carbocycles. The molecule has 1 aliphatic heterocycles. The number of likely N-dealkylation sites (tertiary alicyclic amines) is 1. The van der Waals surface area contributed by atoms with Gasteiger partial charge in [0.25, 0.3) is 5.56 Å². The average Bonchev–Trinajstić information content (AvgIpc) is 2.71. The van der Waals surface area contributed by atoms with E-state index in [1.54, 1.807) is 6.07 Å². The Morgan fingerprint density at radius 1 is 1.62 bits per heavy atom. The van der Waals surface area contributed by atoms with E-state index in [-0.39, 0.29) is 5.56 Å². The van der Waals surface area contributed by atoms with Gasteiger partial charge in [0.1, 0.15) is 0 Å². The Labute approximate surface area is 76.9 Å².